The fraction of sp³-hybridized carbons (Fsp3) is 0.167. The van der Waals surface area contributed by atoms with Crippen molar-refractivity contribution in [2.24, 2.45) is 5.16 Å². The predicted molar refractivity (Wildman–Crippen MR) is 64.5 cm³/mol. The Labute approximate surface area is 104 Å². The van der Waals surface area contributed by atoms with Crippen LogP contribution >= 0.6 is 0 Å². The molecule has 0 fully saturated rings. The van der Waals surface area contributed by atoms with Gasteiger partial charge in [0.15, 0.2) is 5.78 Å². The quantitative estimate of drug-likeness (QED) is 0.362. The fourth-order valence-electron chi connectivity index (χ4n) is 1.16. The molecule has 1 aromatic rings. The maximum atomic E-state index is 12.8. The minimum atomic E-state index is -0.405. The number of nitrogens with zero attached hydrogens (tertiary/aromatic N) is 1. The van der Waals surface area contributed by atoms with E-state index in [0.29, 0.717) is 5.56 Å². The number of Topliss-reactive ketones (excluding diaryl/α,β-unsaturated/α-hetero) is 1. The van der Waals surface area contributed by atoms with Gasteiger partial charge in [-0.1, -0.05) is 5.16 Å². The molecule has 5 nitrogen and oxygen atoms in total. The molecule has 0 saturated carbocycles. The minimum absolute atomic E-state index is 0.213. The normalized spacial score (nSPS) is 11.6. The highest BCUT2D eigenvalue weighted by Gasteiger charge is 2.10. The average molecular weight is 252 g/mol. The Hall–Kier alpha value is -2.21. The first-order chi connectivity index (χ1) is 8.69. The third-order valence-corrected chi connectivity index (χ3v) is 2.00. The van der Waals surface area contributed by atoms with Crippen molar-refractivity contribution in [2.75, 3.05) is 14.2 Å². The first-order valence-electron chi connectivity index (χ1n) is 5.04. The number of carbonyl (C=O) groups is 1. The number of rotatable bonds is 6. The number of benzene rings is 1. The van der Waals surface area contributed by atoms with E-state index in [2.05, 4.69) is 20.3 Å². The highest BCUT2D eigenvalue weighted by Crippen LogP contribution is 2.08. The van der Waals surface area contributed by atoms with Gasteiger partial charge in [0.1, 0.15) is 12.9 Å². The fourth-order valence-corrected chi connectivity index (χ4v) is 1.16. The van der Waals surface area contributed by atoms with Gasteiger partial charge >= 0.3 is 0 Å². The van der Waals surface area contributed by atoms with E-state index in [9.17, 15) is 9.18 Å². The minimum Gasteiger partial charge on any atom is -0.399 e. The Kier molecular flexibility index (Phi) is 5.53. The lowest BCUT2D eigenvalue weighted by atomic mass is 10.1. The van der Waals surface area contributed by atoms with Crippen molar-refractivity contribution >= 4 is 12.0 Å². The van der Waals surface area contributed by atoms with Gasteiger partial charge < -0.3 is 4.84 Å². The number of hydrogen-bond acceptors (Lipinski definition) is 5. The first kappa shape index (κ1) is 13.9. The van der Waals surface area contributed by atoms with Crippen molar-refractivity contribution in [1.29, 1.82) is 0 Å². The van der Waals surface area contributed by atoms with E-state index >= 15 is 0 Å². The van der Waals surface area contributed by atoms with E-state index in [4.69, 9.17) is 0 Å². The highest BCUT2D eigenvalue weighted by atomic mass is 19.1. The predicted octanol–water partition coefficient (Wildman–Crippen LogP) is 1.68. The third-order valence-electron chi connectivity index (χ3n) is 2.00. The van der Waals surface area contributed by atoms with Crippen LogP contribution < -0.4 is 5.48 Å². The molecule has 0 aliphatic rings. The number of nitrogens with one attached hydrogen (secondary N) is 1. The smallest absolute Gasteiger partial charge is 0.196 e. The van der Waals surface area contributed by atoms with Gasteiger partial charge in [0.05, 0.1) is 18.9 Å². The zero-order valence-electron chi connectivity index (χ0n) is 10.0. The van der Waals surface area contributed by atoms with Gasteiger partial charge in [0.2, 0.25) is 0 Å². The molecule has 1 rings (SSSR count). The summed E-state index contributed by atoms with van der Waals surface area (Å²) < 4.78 is 12.8. The maximum Gasteiger partial charge on any atom is 0.196 e. The summed E-state index contributed by atoms with van der Waals surface area (Å²) in [5, 5.41) is 3.51. The molecule has 96 valence electrons. The van der Waals surface area contributed by atoms with Gasteiger partial charge in [-0.3, -0.25) is 15.1 Å². The Morgan fingerprint density at radius 1 is 1.33 bits per heavy atom. The Morgan fingerprint density at radius 2 is 2.00 bits per heavy atom. The maximum absolute atomic E-state index is 12.8. The molecule has 1 N–H and O–H groups in total. The van der Waals surface area contributed by atoms with Crippen LogP contribution in [0.2, 0.25) is 0 Å². The number of halogens is 1. The van der Waals surface area contributed by atoms with Crippen molar-refractivity contribution in [3.8, 4) is 0 Å². The molecule has 0 aliphatic heterocycles. The molecule has 1 aromatic carbocycles. The molecule has 0 saturated heterocycles. The number of hydroxylamine groups is 1. The molecule has 0 unspecified atom stereocenters. The van der Waals surface area contributed by atoms with Crippen molar-refractivity contribution in [2.45, 2.75) is 0 Å². The van der Waals surface area contributed by atoms with Crippen LogP contribution in [0.3, 0.4) is 0 Å². The second kappa shape index (κ2) is 7.18. The molecule has 0 heterocycles. The molecule has 0 bridgehead atoms. The van der Waals surface area contributed by atoms with Crippen molar-refractivity contribution in [1.82, 2.24) is 5.48 Å². The summed E-state index contributed by atoms with van der Waals surface area (Å²) in [6.07, 6.45) is 2.56. The number of allylic oxidation sites excluding steroid dienone is 1. The summed E-state index contributed by atoms with van der Waals surface area (Å²) in [6, 6.07) is 5.20. The number of carbonyl (C=O) groups excluding carboxylic acids is 1. The summed E-state index contributed by atoms with van der Waals surface area (Å²) in [7, 11) is 2.77. The molecule has 0 aromatic heterocycles. The number of ketones is 1. The Balaban J connectivity index is 2.94. The van der Waals surface area contributed by atoms with Crippen LogP contribution in [0.25, 0.3) is 0 Å². The van der Waals surface area contributed by atoms with Crippen LogP contribution in [0, 0.1) is 5.82 Å². The van der Waals surface area contributed by atoms with Gasteiger partial charge in [-0.2, -0.15) is 0 Å². The molecule has 0 atom stereocenters. The molecule has 6 heteroatoms. The number of oxime groups is 1. The monoisotopic (exact) mass is 252 g/mol. The zero-order valence-corrected chi connectivity index (χ0v) is 10.0. The van der Waals surface area contributed by atoms with E-state index < -0.39 is 5.82 Å². The van der Waals surface area contributed by atoms with Crippen LogP contribution in [0.15, 0.2) is 41.2 Å². The molecule has 0 radical (unpaired) electrons. The third kappa shape index (κ3) is 3.99. The lowest BCUT2D eigenvalue weighted by Gasteiger charge is -2.02. The first-order valence-corrected chi connectivity index (χ1v) is 5.04. The van der Waals surface area contributed by atoms with E-state index in [-0.39, 0.29) is 11.4 Å². The van der Waals surface area contributed by atoms with Gasteiger partial charge in [-0.15, -0.1) is 0 Å². The molecule has 0 spiro atoms. The topological polar surface area (TPSA) is 59.9 Å². The van der Waals surface area contributed by atoms with Gasteiger partial charge in [0.25, 0.3) is 0 Å². The lowest BCUT2D eigenvalue weighted by molar-refractivity contribution is 0.102. The largest absolute Gasteiger partial charge is 0.399 e. The molecular weight excluding hydrogens is 239 g/mol. The standard InChI is InChI=1S/C12H13FN2O3/c1-17-14-7-10(8-15-18-2)12(16)9-3-5-11(13)6-4-9/h3-8,14H,1-2H3/b10-7?,15-8-. The summed E-state index contributed by atoms with van der Waals surface area (Å²) in [4.78, 5) is 21.2. The Morgan fingerprint density at radius 3 is 2.56 bits per heavy atom. The second-order valence-corrected chi connectivity index (χ2v) is 3.17. The van der Waals surface area contributed by atoms with E-state index in [1.165, 1.54) is 50.9 Å². The van der Waals surface area contributed by atoms with Crippen LogP contribution in [-0.2, 0) is 9.68 Å². The summed E-state index contributed by atoms with van der Waals surface area (Å²) >= 11 is 0. The molecule has 18 heavy (non-hydrogen) atoms. The zero-order chi connectivity index (χ0) is 13.4. The summed E-state index contributed by atoms with van der Waals surface area (Å²) in [5.74, 6) is -0.738. The Bertz CT molecular complexity index is 455. The van der Waals surface area contributed by atoms with Gasteiger partial charge in [0, 0.05) is 11.8 Å². The van der Waals surface area contributed by atoms with Crippen LogP contribution in [0.1, 0.15) is 10.4 Å². The van der Waals surface area contributed by atoms with E-state index in [0.717, 1.165) is 0 Å². The molecular formula is C12H13FN2O3. The lowest BCUT2D eigenvalue weighted by Crippen LogP contribution is -2.11. The van der Waals surface area contributed by atoms with Crippen molar-refractivity contribution < 1.29 is 18.9 Å². The summed E-state index contributed by atoms with van der Waals surface area (Å²) in [5.41, 5.74) is 2.97. The van der Waals surface area contributed by atoms with Gasteiger partial charge in [-0.05, 0) is 24.3 Å². The van der Waals surface area contributed by atoms with Crippen molar-refractivity contribution in [3.05, 3.63) is 47.4 Å². The highest BCUT2D eigenvalue weighted by molar-refractivity contribution is 6.21. The molecule has 0 aliphatic carbocycles. The van der Waals surface area contributed by atoms with Crippen LogP contribution in [-0.4, -0.2) is 26.2 Å². The average Bonchev–Trinajstić information content (AvgIpc) is 2.39. The van der Waals surface area contributed by atoms with Crippen LogP contribution in [0.4, 0.5) is 4.39 Å². The van der Waals surface area contributed by atoms with Gasteiger partial charge in [-0.25, -0.2) is 4.39 Å². The van der Waals surface area contributed by atoms with E-state index in [1.807, 2.05) is 0 Å². The number of hydrogen-bond donors (Lipinski definition) is 1. The molecule has 0 amide bonds. The van der Waals surface area contributed by atoms with E-state index in [1.54, 1.807) is 0 Å². The summed E-state index contributed by atoms with van der Waals surface area (Å²) in [6.45, 7) is 0. The second-order valence-electron chi connectivity index (χ2n) is 3.17. The van der Waals surface area contributed by atoms with Crippen LogP contribution in [0.5, 0.6) is 0 Å². The van der Waals surface area contributed by atoms with Crippen molar-refractivity contribution in [3.63, 3.8) is 0 Å². The SMILES string of the molecule is CO/N=C\C(=CNOC)C(=O)c1ccc(F)cc1.